The minimum Gasteiger partial charge on any atom is -0.483 e. The Morgan fingerprint density at radius 3 is 2.78 bits per heavy atom. The highest BCUT2D eigenvalue weighted by Crippen LogP contribution is 2.35. The van der Waals surface area contributed by atoms with E-state index in [4.69, 9.17) is 9.47 Å². The molecule has 0 N–H and O–H groups in total. The van der Waals surface area contributed by atoms with Crippen molar-refractivity contribution < 1.29 is 27.0 Å². The molecule has 0 amide bonds. The van der Waals surface area contributed by atoms with Crippen LogP contribution in [-0.4, -0.2) is 32.5 Å². The van der Waals surface area contributed by atoms with Crippen molar-refractivity contribution in [3.63, 3.8) is 0 Å². The van der Waals surface area contributed by atoms with Crippen LogP contribution in [0.15, 0.2) is 18.2 Å². The standard InChI is InChI=1S/C9H9NO7S/c1-18(13,14)17-9-5-15-7-3-2-6(10(11)12)4-8(7)16-9/h2-4,9H,5H2,1H3. The summed E-state index contributed by atoms with van der Waals surface area (Å²) in [5.74, 6) is 0.373. The monoisotopic (exact) mass is 275 g/mol. The lowest BCUT2D eigenvalue weighted by atomic mass is 10.2. The molecule has 0 bridgehead atoms. The van der Waals surface area contributed by atoms with Crippen LogP contribution < -0.4 is 9.47 Å². The predicted octanol–water partition coefficient (Wildman–Crippen LogP) is 0.668. The number of nitro benzene ring substituents is 1. The number of ether oxygens (including phenoxy) is 2. The molecule has 0 fully saturated rings. The van der Waals surface area contributed by atoms with Crippen molar-refractivity contribution in [2.24, 2.45) is 0 Å². The van der Waals surface area contributed by atoms with Gasteiger partial charge < -0.3 is 9.47 Å². The van der Waals surface area contributed by atoms with E-state index in [9.17, 15) is 18.5 Å². The highest BCUT2D eigenvalue weighted by Gasteiger charge is 2.26. The number of non-ortho nitro benzene ring substituents is 1. The second-order valence-electron chi connectivity index (χ2n) is 3.55. The van der Waals surface area contributed by atoms with Gasteiger partial charge in [0.1, 0.15) is 0 Å². The van der Waals surface area contributed by atoms with Crippen molar-refractivity contribution in [3.8, 4) is 11.5 Å². The van der Waals surface area contributed by atoms with Gasteiger partial charge >= 0.3 is 0 Å². The fraction of sp³-hybridized carbons (Fsp3) is 0.333. The van der Waals surface area contributed by atoms with Crippen molar-refractivity contribution in [3.05, 3.63) is 28.3 Å². The number of hydrogen-bond acceptors (Lipinski definition) is 7. The number of rotatable bonds is 3. The summed E-state index contributed by atoms with van der Waals surface area (Å²) in [7, 11) is -3.69. The Kier molecular flexibility index (Phi) is 3.09. The van der Waals surface area contributed by atoms with Gasteiger partial charge in [0.05, 0.1) is 17.2 Å². The summed E-state index contributed by atoms with van der Waals surface area (Å²) in [5, 5.41) is 10.6. The SMILES string of the molecule is CS(=O)(=O)OC1COc2ccc([N+](=O)[O-])cc2O1. The van der Waals surface area contributed by atoms with Gasteiger partial charge in [0.2, 0.25) is 0 Å². The van der Waals surface area contributed by atoms with Crippen molar-refractivity contribution >= 4 is 15.8 Å². The molecule has 2 rings (SSSR count). The molecule has 98 valence electrons. The Morgan fingerprint density at radius 2 is 2.17 bits per heavy atom. The Labute approximate surface area is 102 Å². The predicted molar refractivity (Wildman–Crippen MR) is 58.9 cm³/mol. The first-order valence-corrected chi connectivity index (χ1v) is 6.63. The van der Waals surface area contributed by atoms with Crippen LogP contribution in [0.4, 0.5) is 5.69 Å². The van der Waals surface area contributed by atoms with E-state index >= 15 is 0 Å². The lowest BCUT2D eigenvalue weighted by Gasteiger charge is -2.24. The van der Waals surface area contributed by atoms with E-state index in [1.807, 2.05) is 0 Å². The van der Waals surface area contributed by atoms with E-state index in [2.05, 4.69) is 4.18 Å². The molecule has 0 aliphatic carbocycles. The van der Waals surface area contributed by atoms with Gasteiger partial charge in [-0.1, -0.05) is 0 Å². The molecule has 18 heavy (non-hydrogen) atoms. The van der Waals surface area contributed by atoms with Crippen LogP contribution in [0.5, 0.6) is 11.5 Å². The summed E-state index contributed by atoms with van der Waals surface area (Å²) < 4.78 is 36.8. The summed E-state index contributed by atoms with van der Waals surface area (Å²) in [5.41, 5.74) is -0.183. The Balaban J connectivity index is 2.22. The van der Waals surface area contributed by atoms with Gasteiger partial charge in [-0.15, -0.1) is 0 Å². The van der Waals surface area contributed by atoms with Gasteiger partial charge in [-0.3, -0.25) is 10.1 Å². The van der Waals surface area contributed by atoms with Gasteiger partial charge in [-0.2, -0.15) is 8.42 Å². The van der Waals surface area contributed by atoms with Crippen LogP contribution in [0, 0.1) is 10.1 Å². The summed E-state index contributed by atoms with van der Waals surface area (Å²) in [6, 6.07) is 3.79. The van der Waals surface area contributed by atoms with Crippen molar-refractivity contribution in [2.45, 2.75) is 6.29 Å². The van der Waals surface area contributed by atoms with Gasteiger partial charge in [-0.25, -0.2) is 4.18 Å². The molecule has 1 aliphatic rings. The van der Waals surface area contributed by atoms with Crippen LogP contribution in [0.2, 0.25) is 0 Å². The molecule has 0 saturated heterocycles. The number of hydrogen-bond donors (Lipinski definition) is 0. The van der Waals surface area contributed by atoms with Crippen molar-refractivity contribution in [1.29, 1.82) is 0 Å². The van der Waals surface area contributed by atoms with Gasteiger partial charge in [0.15, 0.2) is 18.1 Å². The largest absolute Gasteiger partial charge is 0.483 e. The third-order valence-corrected chi connectivity index (χ3v) is 2.62. The zero-order valence-electron chi connectivity index (χ0n) is 9.23. The lowest BCUT2D eigenvalue weighted by Crippen LogP contribution is -2.33. The van der Waals surface area contributed by atoms with E-state index in [1.165, 1.54) is 12.1 Å². The fourth-order valence-electron chi connectivity index (χ4n) is 1.40. The van der Waals surface area contributed by atoms with Crippen LogP contribution >= 0.6 is 0 Å². The molecule has 1 atom stereocenters. The molecule has 0 saturated carbocycles. The average molecular weight is 275 g/mol. The summed E-state index contributed by atoms with van der Waals surface area (Å²) in [4.78, 5) is 9.99. The van der Waals surface area contributed by atoms with E-state index in [-0.39, 0.29) is 18.0 Å². The zero-order chi connectivity index (χ0) is 13.3. The van der Waals surface area contributed by atoms with E-state index in [0.29, 0.717) is 5.75 Å². The van der Waals surface area contributed by atoms with Gasteiger partial charge in [0, 0.05) is 6.07 Å². The topological polar surface area (TPSA) is 105 Å². The maximum absolute atomic E-state index is 10.9. The smallest absolute Gasteiger partial charge is 0.273 e. The summed E-state index contributed by atoms with van der Waals surface area (Å²) >= 11 is 0. The third kappa shape index (κ3) is 2.87. The van der Waals surface area contributed by atoms with E-state index in [0.717, 1.165) is 12.3 Å². The van der Waals surface area contributed by atoms with E-state index in [1.54, 1.807) is 0 Å². The molecule has 1 aromatic carbocycles. The van der Waals surface area contributed by atoms with Crippen LogP contribution in [0.3, 0.4) is 0 Å². The van der Waals surface area contributed by atoms with Crippen LogP contribution in [0.25, 0.3) is 0 Å². The molecule has 9 heteroatoms. The molecule has 1 unspecified atom stereocenters. The van der Waals surface area contributed by atoms with Crippen LogP contribution in [-0.2, 0) is 14.3 Å². The fourth-order valence-corrected chi connectivity index (χ4v) is 1.88. The van der Waals surface area contributed by atoms with E-state index < -0.39 is 21.3 Å². The molecule has 0 radical (unpaired) electrons. The minimum absolute atomic E-state index is 0.0732. The summed E-state index contributed by atoms with van der Waals surface area (Å²) in [6.45, 7) is -0.113. The Bertz CT molecular complexity index is 583. The maximum atomic E-state index is 10.9. The quantitative estimate of drug-likeness (QED) is 0.453. The Hall–Kier alpha value is -1.87. The Morgan fingerprint density at radius 1 is 1.44 bits per heavy atom. The molecular weight excluding hydrogens is 266 g/mol. The number of benzene rings is 1. The van der Waals surface area contributed by atoms with Crippen molar-refractivity contribution in [2.75, 3.05) is 12.9 Å². The number of nitrogens with zero attached hydrogens (tertiary/aromatic N) is 1. The van der Waals surface area contributed by atoms with Crippen molar-refractivity contribution in [1.82, 2.24) is 0 Å². The lowest BCUT2D eigenvalue weighted by molar-refractivity contribution is -0.385. The molecule has 8 nitrogen and oxygen atoms in total. The van der Waals surface area contributed by atoms with Gasteiger partial charge in [-0.05, 0) is 6.07 Å². The first-order valence-electron chi connectivity index (χ1n) is 4.81. The highest BCUT2D eigenvalue weighted by molar-refractivity contribution is 7.86. The second-order valence-corrected chi connectivity index (χ2v) is 5.15. The second kappa shape index (κ2) is 4.42. The number of nitro groups is 1. The normalized spacial score (nSPS) is 18.4. The molecular formula is C9H9NO7S. The van der Waals surface area contributed by atoms with Gasteiger partial charge in [0.25, 0.3) is 22.1 Å². The van der Waals surface area contributed by atoms with Crippen LogP contribution in [0.1, 0.15) is 0 Å². The molecule has 1 aliphatic heterocycles. The zero-order valence-corrected chi connectivity index (χ0v) is 10.0. The minimum atomic E-state index is -3.69. The first kappa shape index (κ1) is 12.6. The highest BCUT2D eigenvalue weighted by atomic mass is 32.2. The molecule has 1 aromatic rings. The summed E-state index contributed by atoms with van der Waals surface area (Å²) in [6.07, 6.45) is -0.270. The molecule has 0 spiro atoms. The molecule has 1 heterocycles. The average Bonchev–Trinajstić information content (AvgIpc) is 2.25. The third-order valence-electron chi connectivity index (χ3n) is 2.05. The number of fused-ring (bicyclic) bond motifs is 1. The molecule has 0 aromatic heterocycles. The first-order chi connectivity index (χ1) is 8.35. The maximum Gasteiger partial charge on any atom is 0.273 e.